The minimum Gasteiger partial charge on any atom is -0.386 e. The van der Waals surface area contributed by atoms with Gasteiger partial charge in [0.2, 0.25) is 0 Å². The zero-order valence-corrected chi connectivity index (χ0v) is 16.1. The van der Waals surface area contributed by atoms with E-state index >= 15 is 0 Å². The van der Waals surface area contributed by atoms with E-state index in [1.807, 2.05) is 43.2 Å². The number of anilines is 1. The molecule has 5 nitrogen and oxygen atoms in total. The number of hydrogen-bond donors (Lipinski definition) is 4. The summed E-state index contributed by atoms with van der Waals surface area (Å²) < 4.78 is 0.780. The first-order valence-electron chi connectivity index (χ1n) is 8.47. The second-order valence-corrected chi connectivity index (χ2v) is 7.77. The topological polar surface area (TPSA) is 72.7 Å². The van der Waals surface area contributed by atoms with Crippen molar-refractivity contribution in [2.45, 2.75) is 17.0 Å². The van der Waals surface area contributed by atoms with E-state index in [0.29, 0.717) is 11.7 Å². The molecular weight excluding hydrogens is 364 g/mol. The molecule has 3 heterocycles. The molecule has 1 saturated heterocycles. The van der Waals surface area contributed by atoms with Crippen LogP contribution in [0, 0.1) is 4.64 Å². The Kier molecular flexibility index (Phi) is 6.49. The van der Waals surface area contributed by atoms with Crippen molar-refractivity contribution < 1.29 is 4.79 Å². The number of pyridine rings is 1. The molecule has 2 atom stereocenters. The molecule has 0 amide bonds. The van der Waals surface area contributed by atoms with Crippen LogP contribution in [0.4, 0.5) is 5.69 Å². The number of H-pyrrole nitrogens is 2. The highest BCUT2D eigenvalue weighted by molar-refractivity contribution is 8.00. The number of aldehydes is 1. The molecule has 0 spiro atoms. The maximum absolute atomic E-state index is 10.6. The number of nitrogens with one attached hydrogen (secondary N) is 4. The number of thioether (sulfide) groups is 1. The van der Waals surface area contributed by atoms with Crippen LogP contribution in [0.25, 0.3) is 10.9 Å². The van der Waals surface area contributed by atoms with Gasteiger partial charge in [-0.3, -0.25) is 5.32 Å². The lowest BCUT2D eigenvalue weighted by Gasteiger charge is -2.07. The Balaban J connectivity index is 0.000000236. The highest BCUT2D eigenvalue weighted by Gasteiger charge is 2.26. The van der Waals surface area contributed by atoms with Gasteiger partial charge in [-0.25, -0.2) is 0 Å². The number of rotatable bonds is 4. The van der Waals surface area contributed by atoms with Gasteiger partial charge in [-0.15, -0.1) is 11.8 Å². The van der Waals surface area contributed by atoms with E-state index in [1.165, 1.54) is 11.1 Å². The van der Waals surface area contributed by atoms with Crippen molar-refractivity contribution in [3.05, 3.63) is 59.0 Å². The van der Waals surface area contributed by atoms with Crippen molar-refractivity contribution in [1.82, 2.24) is 15.3 Å². The fourth-order valence-corrected chi connectivity index (χ4v) is 4.24. The molecule has 26 heavy (non-hydrogen) atoms. The fraction of sp³-hybridized carbons (Fsp3) is 0.263. The van der Waals surface area contributed by atoms with Crippen LogP contribution in [0.2, 0.25) is 0 Å². The highest BCUT2D eigenvalue weighted by atomic mass is 32.2. The molecule has 4 rings (SSSR count). The summed E-state index contributed by atoms with van der Waals surface area (Å²) in [5.74, 6) is 0. The number of aromatic nitrogens is 2. The summed E-state index contributed by atoms with van der Waals surface area (Å²) in [6.07, 6.45) is 3.44. The molecule has 2 aromatic heterocycles. The quantitative estimate of drug-likeness (QED) is 0.399. The standard InChI is InChI=1S/C14H17N3OS.C5H5NS/c1-15-11-4-2-3-9-7-12(17-13(9)11)14-16-8-10(19-14)5-6-18;7-5-3-1-2-4-6-5/h2-4,6-7,10,14-17H,5,8H2,1H3;1-4H,(H,6,7). The predicted molar refractivity (Wildman–Crippen MR) is 112 cm³/mol. The Morgan fingerprint density at radius 2 is 2.19 bits per heavy atom. The third-order valence-electron chi connectivity index (χ3n) is 4.13. The Labute approximate surface area is 162 Å². The van der Waals surface area contributed by atoms with Gasteiger partial charge in [0.15, 0.2) is 0 Å². The van der Waals surface area contributed by atoms with Crippen molar-refractivity contribution in [3.8, 4) is 0 Å². The van der Waals surface area contributed by atoms with Gasteiger partial charge < -0.3 is 20.1 Å². The molecule has 1 aromatic carbocycles. The van der Waals surface area contributed by atoms with E-state index in [4.69, 9.17) is 12.2 Å². The van der Waals surface area contributed by atoms with E-state index in [9.17, 15) is 4.79 Å². The molecule has 3 aromatic rings. The Morgan fingerprint density at radius 3 is 2.85 bits per heavy atom. The second-order valence-electron chi connectivity index (χ2n) is 5.92. The number of hydrogen-bond acceptors (Lipinski definition) is 5. The van der Waals surface area contributed by atoms with Gasteiger partial charge in [0.25, 0.3) is 0 Å². The van der Waals surface area contributed by atoms with E-state index in [1.54, 1.807) is 0 Å². The summed E-state index contributed by atoms with van der Waals surface area (Å²) in [6, 6.07) is 14.1. The van der Waals surface area contributed by atoms with Crippen LogP contribution < -0.4 is 10.6 Å². The fourth-order valence-electron chi connectivity index (χ4n) is 2.86. The van der Waals surface area contributed by atoms with Gasteiger partial charge in [0.1, 0.15) is 10.9 Å². The number of fused-ring (bicyclic) bond motifs is 1. The van der Waals surface area contributed by atoms with Gasteiger partial charge >= 0.3 is 0 Å². The normalized spacial score (nSPS) is 19.0. The predicted octanol–water partition coefficient (Wildman–Crippen LogP) is 4.25. The zero-order chi connectivity index (χ0) is 18.4. The molecule has 2 unspecified atom stereocenters. The number of para-hydroxylation sites is 1. The average Bonchev–Trinajstić information content (AvgIpc) is 3.29. The van der Waals surface area contributed by atoms with Crippen molar-refractivity contribution in [2.24, 2.45) is 0 Å². The van der Waals surface area contributed by atoms with E-state index in [0.717, 1.165) is 28.7 Å². The maximum Gasteiger partial charge on any atom is 0.121 e. The SMILES string of the molecule is CNc1cccc2cc(C3NCC(CC=O)S3)[nH]c12.S=c1cccc[nH]1. The van der Waals surface area contributed by atoms with Gasteiger partial charge in [0, 0.05) is 42.5 Å². The summed E-state index contributed by atoms with van der Waals surface area (Å²) in [6.45, 7) is 0.891. The molecule has 1 aliphatic rings. The van der Waals surface area contributed by atoms with Crippen LogP contribution in [0.15, 0.2) is 48.7 Å². The van der Waals surface area contributed by atoms with Crippen molar-refractivity contribution in [3.63, 3.8) is 0 Å². The second kappa shape index (κ2) is 9.02. The Bertz CT molecular complexity index is 904. The number of benzene rings is 1. The van der Waals surface area contributed by atoms with Gasteiger partial charge in [-0.1, -0.05) is 30.4 Å². The summed E-state index contributed by atoms with van der Waals surface area (Å²) in [5, 5.41) is 8.51. The van der Waals surface area contributed by atoms with E-state index in [-0.39, 0.29) is 5.37 Å². The summed E-state index contributed by atoms with van der Waals surface area (Å²) in [4.78, 5) is 16.9. The van der Waals surface area contributed by atoms with Gasteiger partial charge in [-0.2, -0.15) is 0 Å². The molecule has 0 radical (unpaired) electrons. The number of carbonyl (C=O) groups excluding carboxylic acids is 1. The van der Waals surface area contributed by atoms with Crippen molar-refractivity contribution >= 4 is 46.9 Å². The van der Waals surface area contributed by atoms with E-state index < -0.39 is 0 Å². The lowest BCUT2D eigenvalue weighted by atomic mass is 10.2. The molecule has 136 valence electrons. The van der Waals surface area contributed by atoms with E-state index in [2.05, 4.69) is 44.9 Å². The van der Waals surface area contributed by atoms with Crippen LogP contribution in [0.5, 0.6) is 0 Å². The van der Waals surface area contributed by atoms with Crippen LogP contribution in [0.1, 0.15) is 17.5 Å². The van der Waals surface area contributed by atoms with Crippen molar-refractivity contribution in [2.75, 3.05) is 18.9 Å². The van der Waals surface area contributed by atoms with Crippen LogP contribution in [-0.2, 0) is 4.79 Å². The van der Waals surface area contributed by atoms with Gasteiger partial charge in [0.05, 0.1) is 16.6 Å². The summed E-state index contributed by atoms with van der Waals surface area (Å²) in [5.41, 5.74) is 3.42. The lowest BCUT2D eigenvalue weighted by molar-refractivity contribution is -0.107. The third kappa shape index (κ3) is 4.55. The van der Waals surface area contributed by atoms with Crippen LogP contribution >= 0.6 is 24.0 Å². The minimum atomic E-state index is 0.252. The molecular formula is C19H22N4OS2. The number of aromatic amines is 2. The zero-order valence-electron chi connectivity index (χ0n) is 14.5. The lowest BCUT2D eigenvalue weighted by Crippen LogP contribution is -2.15. The maximum atomic E-state index is 10.6. The Morgan fingerprint density at radius 1 is 1.31 bits per heavy atom. The molecule has 0 bridgehead atoms. The van der Waals surface area contributed by atoms with Gasteiger partial charge in [-0.05, 0) is 24.3 Å². The minimum absolute atomic E-state index is 0.252. The molecule has 1 fully saturated rings. The first kappa shape index (κ1) is 18.7. The summed E-state index contributed by atoms with van der Waals surface area (Å²) in [7, 11) is 1.93. The first-order chi connectivity index (χ1) is 12.7. The molecule has 4 N–H and O–H groups in total. The molecule has 0 aliphatic carbocycles. The van der Waals surface area contributed by atoms with Crippen LogP contribution in [0.3, 0.4) is 0 Å². The monoisotopic (exact) mass is 386 g/mol. The molecule has 0 saturated carbocycles. The first-order valence-corrected chi connectivity index (χ1v) is 9.82. The Hall–Kier alpha value is -2.09. The average molecular weight is 387 g/mol. The molecule has 7 heteroatoms. The smallest absolute Gasteiger partial charge is 0.121 e. The number of carbonyl (C=O) groups is 1. The molecule has 1 aliphatic heterocycles. The highest BCUT2D eigenvalue weighted by Crippen LogP contribution is 2.37. The largest absolute Gasteiger partial charge is 0.386 e. The van der Waals surface area contributed by atoms with Crippen molar-refractivity contribution in [1.29, 1.82) is 0 Å². The van der Waals surface area contributed by atoms with Crippen LogP contribution in [-0.4, -0.2) is 35.1 Å². The third-order valence-corrected chi connectivity index (χ3v) is 5.82. The summed E-state index contributed by atoms with van der Waals surface area (Å²) >= 11 is 6.58.